The Hall–Kier alpha value is -3.08. The Bertz CT molecular complexity index is 759. The van der Waals surface area contributed by atoms with Gasteiger partial charge < -0.3 is 9.64 Å². The van der Waals surface area contributed by atoms with E-state index in [1.165, 1.54) is 6.08 Å². The molecule has 2 atom stereocenters. The molecule has 0 fully saturated rings. The molecule has 1 heterocycles. The van der Waals surface area contributed by atoms with E-state index in [0.717, 1.165) is 5.56 Å². The number of likely N-dealkylation sites (N-methyl/N-ethyl adjacent to an activating group) is 1. The fourth-order valence-electron chi connectivity index (χ4n) is 2.83. The molecule has 1 aliphatic rings. The van der Waals surface area contributed by atoms with E-state index in [0.29, 0.717) is 12.1 Å². The van der Waals surface area contributed by atoms with Crippen LogP contribution in [0.25, 0.3) is 0 Å². The third-order valence-electron chi connectivity index (χ3n) is 4.20. The second-order valence-corrected chi connectivity index (χ2v) is 5.93. The highest BCUT2D eigenvalue weighted by molar-refractivity contribution is 5.89. The smallest absolute Gasteiger partial charge is 0.412 e. The van der Waals surface area contributed by atoms with Crippen molar-refractivity contribution < 1.29 is 14.3 Å². The zero-order valence-corrected chi connectivity index (χ0v) is 14.0. The van der Waals surface area contributed by atoms with Crippen LogP contribution in [0.1, 0.15) is 5.56 Å². The van der Waals surface area contributed by atoms with Crippen molar-refractivity contribution in [2.24, 2.45) is 0 Å². The van der Waals surface area contributed by atoms with Crippen molar-refractivity contribution in [3.8, 4) is 0 Å². The highest BCUT2D eigenvalue weighted by Crippen LogP contribution is 2.20. The fraction of sp³-hybridized carbons (Fsp3) is 0.200. The molecule has 0 spiro atoms. The first kappa shape index (κ1) is 16.8. The summed E-state index contributed by atoms with van der Waals surface area (Å²) < 4.78 is 5.57. The molecule has 1 N–H and O–H groups in total. The second kappa shape index (κ2) is 7.66. The molecular formula is C20H20N2O3. The topological polar surface area (TPSA) is 58.6 Å². The number of nitrogens with one attached hydrogen (secondary N) is 1. The Balaban J connectivity index is 1.71. The van der Waals surface area contributed by atoms with Crippen LogP contribution in [0, 0.1) is 0 Å². The number of benzene rings is 2. The molecule has 0 unspecified atom stereocenters. The fourth-order valence-corrected chi connectivity index (χ4v) is 2.83. The van der Waals surface area contributed by atoms with Gasteiger partial charge in [0, 0.05) is 18.8 Å². The first-order valence-electron chi connectivity index (χ1n) is 8.15. The Morgan fingerprint density at radius 3 is 2.40 bits per heavy atom. The predicted molar refractivity (Wildman–Crippen MR) is 96.2 cm³/mol. The van der Waals surface area contributed by atoms with Crippen LogP contribution in [0.2, 0.25) is 0 Å². The molecule has 0 saturated carbocycles. The summed E-state index contributed by atoms with van der Waals surface area (Å²) in [7, 11) is 1.73. The molecule has 0 aliphatic carbocycles. The number of carbonyl (C=O) groups is 2. The van der Waals surface area contributed by atoms with Crippen LogP contribution in [0.4, 0.5) is 10.5 Å². The lowest BCUT2D eigenvalue weighted by Crippen LogP contribution is -2.49. The van der Waals surface area contributed by atoms with Crippen molar-refractivity contribution in [3.05, 3.63) is 78.4 Å². The van der Waals surface area contributed by atoms with Gasteiger partial charge in [-0.15, -0.1) is 0 Å². The predicted octanol–water partition coefficient (Wildman–Crippen LogP) is 3.24. The van der Waals surface area contributed by atoms with Crippen molar-refractivity contribution >= 4 is 17.7 Å². The van der Waals surface area contributed by atoms with Gasteiger partial charge in [-0.05, 0) is 30.2 Å². The molecule has 2 aromatic rings. The minimum atomic E-state index is -0.540. The van der Waals surface area contributed by atoms with E-state index in [9.17, 15) is 9.59 Å². The maximum atomic E-state index is 12.2. The summed E-state index contributed by atoms with van der Waals surface area (Å²) in [6, 6.07) is 18.7. The lowest BCUT2D eigenvalue weighted by atomic mass is 9.97. The van der Waals surface area contributed by atoms with E-state index in [1.54, 1.807) is 30.2 Å². The molecular weight excluding hydrogens is 316 g/mol. The largest absolute Gasteiger partial charge is 0.440 e. The summed E-state index contributed by atoms with van der Waals surface area (Å²) in [4.78, 5) is 25.8. The molecule has 5 nitrogen and oxygen atoms in total. The van der Waals surface area contributed by atoms with Crippen LogP contribution in [0.3, 0.4) is 0 Å². The third kappa shape index (κ3) is 4.26. The number of ether oxygens (including phenoxy) is 1. The van der Waals surface area contributed by atoms with Crippen molar-refractivity contribution in [2.75, 3.05) is 12.4 Å². The molecule has 2 aromatic carbocycles. The van der Waals surface area contributed by atoms with Gasteiger partial charge in [0.1, 0.15) is 6.10 Å². The van der Waals surface area contributed by atoms with Gasteiger partial charge in [0.05, 0.1) is 6.04 Å². The molecule has 1 aliphatic heterocycles. The number of carbonyl (C=O) groups excluding carboxylic acids is 2. The molecule has 0 radical (unpaired) electrons. The first-order valence-corrected chi connectivity index (χ1v) is 8.15. The average molecular weight is 336 g/mol. The Labute approximate surface area is 146 Å². The maximum absolute atomic E-state index is 12.2. The highest BCUT2D eigenvalue weighted by atomic mass is 16.6. The van der Waals surface area contributed by atoms with Gasteiger partial charge in [-0.3, -0.25) is 10.1 Å². The van der Waals surface area contributed by atoms with E-state index in [-0.39, 0.29) is 11.9 Å². The first-order chi connectivity index (χ1) is 12.1. The number of nitrogens with zero attached hydrogens (tertiary/aromatic N) is 1. The van der Waals surface area contributed by atoms with Gasteiger partial charge in [0.2, 0.25) is 5.91 Å². The molecule has 2 amide bonds. The zero-order chi connectivity index (χ0) is 17.6. The highest BCUT2D eigenvalue weighted by Gasteiger charge is 2.32. The Kier molecular flexibility index (Phi) is 5.14. The van der Waals surface area contributed by atoms with Crippen LogP contribution in [-0.4, -0.2) is 36.1 Å². The number of amides is 2. The van der Waals surface area contributed by atoms with Gasteiger partial charge in [-0.2, -0.15) is 0 Å². The number of rotatable bonds is 4. The second-order valence-electron chi connectivity index (χ2n) is 5.93. The Morgan fingerprint density at radius 2 is 1.72 bits per heavy atom. The van der Waals surface area contributed by atoms with Gasteiger partial charge in [0.25, 0.3) is 0 Å². The minimum absolute atomic E-state index is 0.0933. The minimum Gasteiger partial charge on any atom is -0.440 e. The number of hydrogen-bond acceptors (Lipinski definition) is 3. The Morgan fingerprint density at radius 1 is 1.08 bits per heavy atom. The van der Waals surface area contributed by atoms with Crippen molar-refractivity contribution in [2.45, 2.75) is 18.6 Å². The summed E-state index contributed by atoms with van der Waals surface area (Å²) in [5.74, 6) is -0.0933. The molecule has 3 rings (SSSR count). The van der Waals surface area contributed by atoms with E-state index in [2.05, 4.69) is 5.32 Å². The van der Waals surface area contributed by atoms with Crippen LogP contribution in [0.15, 0.2) is 72.8 Å². The summed E-state index contributed by atoms with van der Waals surface area (Å²) in [5.41, 5.74) is 1.75. The van der Waals surface area contributed by atoms with E-state index in [4.69, 9.17) is 4.74 Å². The quantitative estimate of drug-likeness (QED) is 0.932. The maximum Gasteiger partial charge on any atom is 0.412 e. The van der Waals surface area contributed by atoms with E-state index < -0.39 is 12.2 Å². The van der Waals surface area contributed by atoms with Crippen molar-refractivity contribution in [1.29, 1.82) is 0 Å². The zero-order valence-electron chi connectivity index (χ0n) is 14.0. The van der Waals surface area contributed by atoms with Crippen LogP contribution in [-0.2, 0) is 16.0 Å². The molecule has 25 heavy (non-hydrogen) atoms. The number of anilines is 1. The number of hydrogen-bond donors (Lipinski definition) is 1. The standard InChI is InChI=1S/C20H20N2O3/c1-22-17(14-15-8-4-2-5-9-15)18(12-13-19(22)23)25-20(24)21-16-10-6-3-7-11-16/h2-13,17-18H,14H2,1H3,(H,21,24)/t17-,18-/m0/s1. The summed E-state index contributed by atoms with van der Waals surface area (Å²) in [6.45, 7) is 0. The lowest BCUT2D eigenvalue weighted by Gasteiger charge is -2.35. The van der Waals surface area contributed by atoms with Crippen molar-refractivity contribution in [3.63, 3.8) is 0 Å². The van der Waals surface area contributed by atoms with E-state index in [1.807, 2.05) is 48.5 Å². The van der Waals surface area contributed by atoms with Gasteiger partial charge in [0.15, 0.2) is 0 Å². The van der Waals surface area contributed by atoms with E-state index >= 15 is 0 Å². The third-order valence-corrected chi connectivity index (χ3v) is 4.20. The van der Waals surface area contributed by atoms with Crippen LogP contribution >= 0.6 is 0 Å². The average Bonchev–Trinajstić information content (AvgIpc) is 2.63. The lowest BCUT2D eigenvalue weighted by molar-refractivity contribution is -0.129. The summed E-state index contributed by atoms with van der Waals surface area (Å²) in [6.07, 6.45) is 2.66. The van der Waals surface area contributed by atoms with Crippen LogP contribution < -0.4 is 5.32 Å². The molecule has 128 valence electrons. The monoisotopic (exact) mass is 336 g/mol. The summed E-state index contributed by atoms with van der Waals surface area (Å²) in [5, 5.41) is 2.70. The molecule has 0 bridgehead atoms. The van der Waals surface area contributed by atoms with Gasteiger partial charge in [-0.25, -0.2) is 4.79 Å². The SMILES string of the molecule is CN1C(=O)C=C[C@H](OC(=O)Nc2ccccc2)[C@@H]1Cc1ccccc1. The molecule has 5 heteroatoms. The van der Waals surface area contributed by atoms with Gasteiger partial charge in [-0.1, -0.05) is 48.5 Å². The molecule has 0 aromatic heterocycles. The van der Waals surface area contributed by atoms with Crippen molar-refractivity contribution in [1.82, 2.24) is 4.90 Å². The molecule has 0 saturated heterocycles. The number of para-hydroxylation sites is 1. The van der Waals surface area contributed by atoms with Gasteiger partial charge >= 0.3 is 6.09 Å². The summed E-state index contributed by atoms with van der Waals surface area (Å²) >= 11 is 0. The normalized spacial score (nSPS) is 19.6. The van der Waals surface area contributed by atoms with Crippen LogP contribution in [0.5, 0.6) is 0 Å².